The van der Waals surface area contributed by atoms with Gasteiger partial charge in [0.1, 0.15) is 12.1 Å². The second-order valence-electron chi connectivity index (χ2n) is 9.90. The fourth-order valence-corrected chi connectivity index (χ4v) is 5.25. The average molecular weight is 547 g/mol. The number of carbonyl (C=O) groups is 1. The molecule has 2 amide bonds. The fourth-order valence-electron chi connectivity index (χ4n) is 5.04. The molecular weight excluding hydrogens is 516 g/mol. The van der Waals surface area contributed by atoms with Gasteiger partial charge in [0, 0.05) is 11.4 Å². The first-order chi connectivity index (χ1) is 18.9. The molecule has 4 N–H and O–H groups in total. The van der Waals surface area contributed by atoms with Gasteiger partial charge in [0.2, 0.25) is 0 Å². The van der Waals surface area contributed by atoms with E-state index >= 15 is 0 Å². The molecule has 202 valence electrons. The van der Waals surface area contributed by atoms with Gasteiger partial charge in [-0.25, -0.2) is 14.8 Å². The zero-order valence-corrected chi connectivity index (χ0v) is 22.7. The van der Waals surface area contributed by atoms with Crippen LogP contribution in [0.1, 0.15) is 36.8 Å². The zero-order valence-electron chi connectivity index (χ0n) is 21.9. The number of nitrogens with zero attached hydrogens (tertiary/aromatic N) is 2. The van der Waals surface area contributed by atoms with Crippen LogP contribution in [-0.2, 0) is 0 Å². The molecule has 2 aromatic carbocycles. The summed E-state index contributed by atoms with van der Waals surface area (Å²) in [6.07, 6.45) is 8.67. The SMILES string of the molecule is Cc1cc(C)cc(-c2c(OCC[C@@H]3CCCCN3)c3cc(NC(=O)Nc4cncnc4)c(Cl)cc3[nH]c2=O)c1. The molecule has 1 saturated heterocycles. The molecule has 0 radical (unpaired) electrons. The highest BCUT2D eigenvalue weighted by Gasteiger charge is 2.20. The molecule has 1 atom stereocenters. The number of fused-ring (bicyclic) bond motifs is 1. The lowest BCUT2D eigenvalue weighted by molar-refractivity contribution is 0.262. The molecule has 1 fully saturated rings. The number of anilines is 2. The first-order valence-electron chi connectivity index (χ1n) is 13.0. The highest BCUT2D eigenvalue weighted by atomic mass is 35.5. The van der Waals surface area contributed by atoms with Gasteiger partial charge < -0.3 is 25.7 Å². The number of aromatic nitrogens is 3. The first kappa shape index (κ1) is 26.6. The number of amides is 2. The Hall–Kier alpha value is -3.95. The van der Waals surface area contributed by atoms with Crippen LogP contribution in [0.2, 0.25) is 5.02 Å². The highest BCUT2D eigenvalue weighted by molar-refractivity contribution is 6.34. The van der Waals surface area contributed by atoms with Crippen LogP contribution in [-0.4, -0.2) is 40.2 Å². The van der Waals surface area contributed by atoms with E-state index in [1.54, 1.807) is 12.1 Å². The van der Waals surface area contributed by atoms with Crippen molar-refractivity contribution in [3.8, 4) is 16.9 Å². The molecule has 2 aromatic heterocycles. The van der Waals surface area contributed by atoms with Crippen LogP contribution in [0, 0.1) is 13.8 Å². The second-order valence-corrected chi connectivity index (χ2v) is 10.3. The van der Waals surface area contributed by atoms with E-state index in [4.69, 9.17) is 16.3 Å². The zero-order chi connectivity index (χ0) is 27.4. The van der Waals surface area contributed by atoms with E-state index in [2.05, 4.69) is 37.0 Å². The Morgan fingerprint density at radius 3 is 2.56 bits per heavy atom. The number of aromatic amines is 1. The fraction of sp³-hybridized carbons (Fsp3) is 0.310. The van der Waals surface area contributed by atoms with Crippen molar-refractivity contribution in [1.29, 1.82) is 0 Å². The summed E-state index contributed by atoms with van der Waals surface area (Å²) < 4.78 is 6.42. The Morgan fingerprint density at radius 1 is 1.08 bits per heavy atom. The number of benzene rings is 2. The molecular formula is C29H31ClN6O3. The molecule has 0 saturated carbocycles. The summed E-state index contributed by atoms with van der Waals surface area (Å²) in [5.41, 5.74) is 4.37. The molecule has 4 aromatic rings. The minimum Gasteiger partial charge on any atom is -0.492 e. The molecule has 1 aliphatic heterocycles. The summed E-state index contributed by atoms with van der Waals surface area (Å²) >= 11 is 6.52. The predicted octanol–water partition coefficient (Wildman–Crippen LogP) is 5.81. The molecule has 0 unspecified atom stereocenters. The monoisotopic (exact) mass is 546 g/mol. The van der Waals surface area contributed by atoms with E-state index in [0.717, 1.165) is 36.1 Å². The maximum absolute atomic E-state index is 13.4. The van der Waals surface area contributed by atoms with E-state index in [0.29, 0.717) is 46.2 Å². The van der Waals surface area contributed by atoms with Crippen LogP contribution in [0.3, 0.4) is 0 Å². The Bertz CT molecular complexity index is 1530. The third kappa shape index (κ3) is 6.38. The lowest BCUT2D eigenvalue weighted by atomic mass is 9.99. The van der Waals surface area contributed by atoms with E-state index in [1.165, 1.54) is 31.6 Å². The van der Waals surface area contributed by atoms with Crippen LogP contribution in [0.4, 0.5) is 16.2 Å². The summed E-state index contributed by atoms with van der Waals surface area (Å²) in [6, 6.07) is 9.25. The number of hydrogen-bond acceptors (Lipinski definition) is 6. The van der Waals surface area contributed by atoms with Crippen molar-refractivity contribution in [2.45, 2.75) is 45.6 Å². The minimum atomic E-state index is -0.504. The summed E-state index contributed by atoms with van der Waals surface area (Å²) in [5.74, 6) is 0.464. The smallest absolute Gasteiger partial charge is 0.323 e. The number of hydrogen-bond donors (Lipinski definition) is 4. The van der Waals surface area contributed by atoms with Crippen LogP contribution in [0.25, 0.3) is 22.0 Å². The van der Waals surface area contributed by atoms with Gasteiger partial charge >= 0.3 is 6.03 Å². The molecule has 9 nitrogen and oxygen atoms in total. The van der Waals surface area contributed by atoms with Crippen molar-refractivity contribution in [1.82, 2.24) is 20.3 Å². The highest BCUT2D eigenvalue weighted by Crippen LogP contribution is 2.38. The number of piperidine rings is 1. The summed E-state index contributed by atoms with van der Waals surface area (Å²) in [7, 11) is 0. The number of H-pyrrole nitrogens is 1. The molecule has 3 heterocycles. The predicted molar refractivity (Wildman–Crippen MR) is 155 cm³/mol. The summed E-state index contributed by atoms with van der Waals surface area (Å²) in [4.78, 5) is 36.9. The maximum atomic E-state index is 13.4. The number of ether oxygens (including phenoxy) is 1. The molecule has 1 aliphatic rings. The maximum Gasteiger partial charge on any atom is 0.323 e. The quantitative estimate of drug-likeness (QED) is 0.232. The molecule has 5 rings (SSSR count). The van der Waals surface area contributed by atoms with Gasteiger partial charge in [-0.05, 0) is 57.4 Å². The van der Waals surface area contributed by atoms with E-state index in [1.807, 2.05) is 26.0 Å². The Labute approximate surface area is 231 Å². The van der Waals surface area contributed by atoms with Gasteiger partial charge in [0.15, 0.2) is 0 Å². The number of rotatable bonds is 7. The largest absolute Gasteiger partial charge is 0.492 e. The Balaban J connectivity index is 1.54. The third-order valence-electron chi connectivity index (χ3n) is 6.76. The van der Waals surface area contributed by atoms with Crippen LogP contribution >= 0.6 is 11.6 Å². The number of carbonyl (C=O) groups excluding carboxylic acids is 1. The summed E-state index contributed by atoms with van der Waals surface area (Å²) in [5, 5.41) is 9.92. The van der Waals surface area contributed by atoms with Crippen molar-refractivity contribution < 1.29 is 9.53 Å². The third-order valence-corrected chi connectivity index (χ3v) is 7.07. The van der Waals surface area contributed by atoms with Gasteiger partial charge in [0.05, 0.1) is 46.5 Å². The minimum absolute atomic E-state index is 0.267. The molecule has 0 spiro atoms. The van der Waals surface area contributed by atoms with E-state index in [-0.39, 0.29) is 10.6 Å². The Morgan fingerprint density at radius 2 is 1.85 bits per heavy atom. The number of urea groups is 1. The Kier molecular flexibility index (Phi) is 8.09. The first-order valence-corrected chi connectivity index (χ1v) is 13.4. The second kappa shape index (κ2) is 11.8. The van der Waals surface area contributed by atoms with E-state index in [9.17, 15) is 9.59 Å². The molecule has 39 heavy (non-hydrogen) atoms. The topological polar surface area (TPSA) is 121 Å². The molecule has 0 aliphatic carbocycles. The lowest BCUT2D eigenvalue weighted by Gasteiger charge is -2.24. The number of aryl methyl sites for hydroxylation is 2. The molecule has 0 bridgehead atoms. The van der Waals surface area contributed by atoms with Crippen LogP contribution in [0.5, 0.6) is 5.75 Å². The van der Waals surface area contributed by atoms with Gasteiger partial charge in [0.25, 0.3) is 5.56 Å². The summed E-state index contributed by atoms with van der Waals surface area (Å²) in [6.45, 7) is 5.45. The molecule has 10 heteroatoms. The number of halogens is 1. The lowest BCUT2D eigenvalue weighted by Crippen LogP contribution is -2.35. The number of nitrogens with one attached hydrogen (secondary N) is 4. The van der Waals surface area contributed by atoms with Crippen molar-refractivity contribution in [3.05, 3.63) is 75.6 Å². The van der Waals surface area contributed by atoms with Crippen molar-refractivity contribution >= 4 is 39.9 Å². The van der Waals surface area contributed by atoms with Gasteiger partial charge in [-0.3, -0.25) is 4.79 Å². The van der Waals surface area contributed by atoms with Crippen molar-refractivity contribution in [2.75, 3.05) is 23.8 Å². The van der Waals surface area contributed by atoms with Crippen LogP contribution < -0.4 is 26.2 Å². The van der Waals surface area contributed by atoms with Gasteiger partial charge in [-0.2, -0.15) is 0 Å². The van der Waals surface area contributed by atoms with Crippen LogP contribution in [0.15, 0.2) is 53.8 Å². The normalized spacial score (nSPS) is 15.2. The van der Waals surface area contributed by atoms with Gasteiger partial charge in [-0.15, -0.1) is 0 Å². The van der Waals surface area contributed by atoms with E-state index < -0.39 is 6.03 Å². The van der Waals surface area contributed by atoms with Crippen molar-refractivity contribution in [2.24, 2.45) is 0 Å². The average Bonchev–Trinajstić information content (AvgIpc) is 2.90. The number of pyridine rings is 1. The standard InChI is InChI=1S/C29H31ClN6O3/c1-17-9-18(2)11-19(10-17)26-27(39-8-6-20-5-3-4-7-33-20)22-12-25(23(30)13-24(22)35-28(26)37)36-29(38)34-21-14-31-16-32-15-21/h9-16,20,33H,3-8H2,1-2H3,(H,35,37)(H2,34,36,38)/t20-/m0/s1. The van der Waals surface area contributed by atoms with Crippen molar-refractivity contribution in [3.63, 3.8) is 0 Å². The van der Waals surface area contributed by atoms with Gasteiger partial charge in [-0.1, -0.05) is 47.3 Å².